The van der Waals surface area contributed by atoms with Gasteiger partial charge in [0.25, 0.3) is 0 Å². The van der Waals surface area contributed by atoms with Crippen molar-refractivity contribution < 1.29 is 29.0 Å². The third-order valence-corrected chi connectivity index (χ3v) is 10.6. The van der Waals surface area contributed by atoms with E-state index >= 15 is 0 Å². The Bertz CT molecular complexity index is 1350. The second kappa shape index (κ2) is 9.62. The molecule has 2 atom stereocenters. The van der Waals surface area contributed by atoms with Gasteiger partial charge in [-0.3, -0.25) is 9.59 Å². The number of methoxy groups -OCH3 is 1. The van der Waals surface area contributed by atoms with Gasteiger partial charge in [-0.05, 0) is 62.3 Å². The number of hydrogen-bond acceptors (Lipinski definition) is 5. The first-order valence-electron chi connectivity index (χ1n) is 12.9. The lowest BCUT2D eigenvalue weighted by atomic mass is 9.49. The molecule has 194 valence electrons. The fraction of sp³-hybridized carbons (Fsp3) is 0.323. The van der Waals surface area contributed by atoms with Crippen molar-refractivity contribution in [2.45, 2.75) is 46.8 Å². The highest BCUT2D eigenvalue weighted by Crippen LogP contribution is 2.59. The Morgan fingerprint density at radius 1 is 0.868 bits per heavy atom. The molecule has 4 aliphatic carbocycles. The number of benzene rings is 3. The molecule has 0 radical (unpaired) electrons. The van der Waals surface area contributed by atoms with Crippen LogP contribution in [0.25, 0.3) is 0 Å². The van der Waals surface area contributed by atoms with Gasteiger partial charge in [0.2, 0.25) is 0 Å². The van der Waals surface area contributed by atoms with E-state index in [1.165, 1.54) is 13.2 Å². The zero-order chi connectivity index (χ0) is 26.4. The molecule has 7 rings (SSSR count). The van der Waals surface area contributed by atoms with Gasteiger partial charge in [-0.2, -0.15) is 0 Å². The van der Waals surface area contributed by atoms with E-state index in [4.69, 9.17) is 9.47 Å². The minimum atomic E-state index is -1.08. The summed E-state index contributed by atoms with van der Waals surface area (Å²) in [5, 5.41) is 10.2. The van der Waals surface area contributed by atoms with E-state index in [0.717, 1.165) is 29.1 Å². The van der Waals surface area contributed by atoms with Gasteiger partial charge in [-0.25, -0.2) is 4.79 Å². The predicted molar refractivity (Wildman–Crippen MR) is 142 cm³/mol. The molecule has 2 unspecified atom stereocenters. The molecule has 0 heterocycles. The second-order valence-corrected chi connectivity index (χ2v) is 12.6. The van der Waals surface area contributed by atoms with Crippen molar-refractivity contribution in [3.05, 3.63) is 78.4 Å². The van der Waals surface area contributed by atoms with Gasteiger partial charge in [-0.15, -0.1) is 0 Å². The Morgan fingerprint density at radius 3 is 1.97 bits per heavy atom. The quantitative estimate of drug-likeness (QED) is 0.237. The maximum absolute atomic E-state index is 13.8. The molecule has 0 spiro atoms. The fourth-order valence-electron chi connectivity index (χ4n) is 6.82. The van der Waals surface area contributed by atoms with Gasteiger partial charge in [-0.1, -0.05) is 36.4 Å². The molecule has 4 aliphatic rings. The topological polar surface area (TPSA) is 89.9 Å². The number of ketones is 1. The minimum absolute atomic E-state index is 0.0531. The number of aromatic carboxylic acids is 1. The SMILES string of the molecule is COc1cc(C(=O)O)c([S+](c2ccccc2)c2ccccc2)cc1OC(=O)C12CC3CC(C1)C(=O)C(C3)C2. The van der Waals surface area contributed by atoms with Crippen LogP contribution in [0, 0.1) is 23.2 Å². The number of Topliss-reactive ketones (excluding diaryl/α,β-unsaturated/α-hetero) is 1. The maximum Gasteiger partial charge on any atom is 0.341 e. The smallest absolute Gasteiger partial charge is 0.341 e. The van der Waals surface area contributed by atoms with Crippen LogP contribution in [0.4, 0.5) is 0 Å². The Labute approximate surface area is 224 Å². The standard InChI is InChI=1S/C31H28O6S/c1-36-25-14-24(29(33)34)27(38(22-8-4-2-5-9-22)23-10-6-3-7-11-23)15-26(25)37-30(35)31-16-19-12-20(17-31)28(32)21(13-19)18-31/h2-11,14-15,19-21H,12-13,16-18H2,1H3/p+1. The molecule has 38 heavy (non-hydrogen) atoms. The van der Waals surface area contributed by atoms with Crippen LogP contribution >= 0.6 is 0 Å². The highest BCUT2D eigenvalue weighted by molar-refractivity contribution is 7.97. The number of carboxylic acids is 1. The number of hydrogen-bond donors (Lipinski definition) is 1. The Kier molecular flexibility index (Phi) is 6.26. The first kappa shape index (κ1) is 24.7. The molecular formula is C31H29O6S+. The average molecular weight is 530 g/mol. The number of esters is 1. The molecule has 3 aromatic rings. The first-order chi connectivity index (χ1) is 18.4. The maximum atomic E-state index is 13.8. The summed E-state index contributed by atoms with van der Waals surface area (Å²) in [5.41, 5.74) is -0.570. The van der Waals surface area contributed by atoms with E-state index in [1.54, 1.807) is 6.07 Å². The molecule has 4 saturated carbocycles. The summed E-state index contributed by atoms with van der Waals surface area (Å²) in [7, 11) is 0.671. The summed E-state index contributed by atoms with van der Waals surface area (Å²) in [6, 6.07) is 22.6. The van der Waals surface area contributed by atoms with Gasteiger partial charge in [0.05, 0.1) is 12.5 Å². The molecule has 4 bridgehead atoms. The Balaban J connectivity index is 1.43. The van der Waals surface area contributed by atoms with Crippen molar-refractivity contribution in [2.24, 2.45) is 23.2 Å². The number of ether oxygens (including phenoxy) is 2. The summed E-state index contributed by atoms with van der Waals surface area (Å²) in [4.78, 5) is 41.3. The Hall–Kier alpha value is -3.58. The monoisotopic (exact) mass is 529 g/mol. The average Bonchev–Trinajstić information content (AvgIpc) is 2.92. The normalized spacial score (nSPS) is 25.4. The third kappa shape index (κ3) is 4.19. The van der Waals surface area contributed by atoms with E-state index in [1.807, 2.05) is 60.7 Å². The van der Waals surface area contributed by atoms with Crippen LogP contribution in [0.2, 0.25) is 0 Å². The highest BCUT2D eigenvalue weighted by Gasteiger charge is 2.59. The summed E-state index contributed by atoms with van der Waals surface area (Å²) in [5.74, 6) is -0.424. The lowest BCUT2D eigenvalue weighted by Gasteiger charge is -2.53. The van der Waals surface area contributed by atoms with Crippen molar-refractivity contribution in [3.8, 4) is 11.5 Å². The van der Waals surface area contributed by atoms with Crippen LogP contribution in [0.5, 0.6) is 11.5 Å². The molecule has 0 aromatic heterocycles. The zero-order valence-electron chi connectivity index (χ0n) is 21.1. The molecule has 6 nitrogen and oxygen atoms in total. The number of carboxylic acid groups (broad SMARTS) is 1. The van der Waals surface area contributed by atoms with E-state index < -0.39 is 22.3 Å². The van der Waals surface area contributed by atoms with Gasteiger partial charge >= 0.3 is 11.9 Å². The van der Waals surface area contributed by atoms with E-state index in [2.05, 4.69) is 0 Å². The molecule has 0 aliphatic heterocycles. The number of rotatable bonds is 7. The first-order valence-corrected chi connectivity index (χ1v) is 14.2. The van der Waals surface area contributed by atoms with Crippen molar-refractivity contribution in [2.75, 3.05) is 7.11 Å². The van der Waals surface area contributed by atoms with Gasteiger partial charge in [0.15, 0.2) is 26.2 Å². The third-order valence-electron chi connectivity index (χ3n) is 8.30. The predicted octanol–water partition coefficient (Wildman–Crippen LogP) is 5.79. The lowest BCUT2D eigenvalue weighted by Crippen LogP contribution is -2.55. The van der Waals surface area contributed by atoms with E-state index in [0.29, 0.717) is 29.4 Å². The van der Waals surface area contributed by atoms with Crippen molar-refractivity contribution in [1.29, 1.82) is 0 Å². The van der Waals surface area contributed by atoms with Crippen molar-refractivity contribution in [3.63, 3.8) is 0 Å². The Morgan fingerprint density at radius 2 is 1.45 bits per heavy atom. The fourth-order valence-corrected chi connectivity index (χ4v) is 9.05. The second-order valence-electron chi connectivity index (χ2n) is 10.7. The molecule has 3 aromatic carbocycles. The van der Waals surface area contributed by atoms with Gasteiger partial charge < -0.3 is 14.6 Å². The van der Waals surface area contributed by atoms with Crippen LogP contribution in [0.15, 0.2) is 87.5 Å². The molecule has 7 heteroatoms. The molecule has 0 amide bonds. The largest absolute Gasteiger partial charge is 0.493 e. The molecule has 4 fully saturated rings. The van der Waals surface area contributed by atoms with Crippen molar-refractivity contribution >= 4 is 28.6 Å². The van der Waals surface area contributed by atoms with E-state index in [-0.39, 0.29) is 34.9 Å². The lowest BCUT2D eigenvalue weighted by molar-refractivity contribution is -0.167. The van der Waals surface area contributed by atoms with Crippen LogP contribution in [-0.2, 0) is 20.5 Å². The van der Waals surface area contributed by atoms with Crippen LogP contribution < -0.4 is 9.47 Å². The molecular weight excluding hydrogens is 500 g/mol. The van der Waals surface area contributed by atoms with Crippen LogP contribution in [0.1, 0.15) is 42.5 Å². The highest BCUT2D eigenvalue weighted by atomic mass is 32.2. The number of carbonyl (C=O) groups excluding carboxylic acids is 2. The summed E-state index contributed by atoms with van der Waals surface area (Å²) in [6.07, 6.45) is 3.58. The zero-order valence-corrected chi connectivity index (χ0v) is 21.9. The summed E-state index contributed by atoms with van der Waals surface area (Å²) >= 11 is 0. The minimum Gasteiger partial charge on any atom is -0.493 e. The van der Waals surface area contributed by atoms with Gasteiger partial charge in [0, 0.05) is 24.0 Å². The summed E-state index contributed by atoms with van der Waals surface area (Å²) in [6.45, 7) is 0. The van der Waals surface area contributed by atoms with Gasteiger partial charge in [0.1, 0.15) is 22.2 Å². The summed E-state index contributed by atoms with van der Waals surface area (Å²) < 4.78 is 11.6. The van der Waals surface area contributed by atoms with Crippen molar-refractivity contribution in [1.82, 2.24) is 0 Å². The van der Waals surface area contributed by atoms with E-state index in [9.17, 15) is 19.5 Å². The van der Waals surface area contributed by atoms with Crippen LogP contribution in [0.3, 0.4) is 0 Å². The number of carbonyl (C=O) groups is 3. The molecule has 0 saturated heterocycles. The molecule has 1 N–H and O–H groups in total. The van der Waals surface area contributed by atoms with Crippen LogP contribution in [-0.4, -0.2) is 29.9 Å².